The molecule has 2 aromatic heterocycles. The Morgan fingerprint density at radius 2 is 1.78 bits per heavy atom. The van der Waals surface area contributed by atoms with Gasteiger partial charge in [0.15, 0.2) is 0 Å². The monoisotopic (exact) mass is 362 g/mol. The Morgan fingerprint density at radius 3 is 2.52 bits per heavy atom. The van der Waals surface area contributed by atoms with Crippen LogP contribution in [0.2, 0.25) is 0 Å². The molecule has 0 bridgehead atoms. The van der Waals surface area contributed by atoms with E-state index in [9.17, 15) is 9.59 Å². The van der Waals surface area contributed by atoms with E-state index in [1.54, 1.807) is 18.5 Å². The molecule has 27 heavy (non-hydrogen) atoms. The highest BCUT2D eigenvalue weighted by Crippen LogP contribution is 2.15. The lowest BCUT2D eigenvalue weighted by Gasteiger charge is -2.08. The van der Waals surface area contributed by atoms with Crippen LogP contribution in [0.3, 0.4) is 0 Å². The molecule has 0 spiro atoms. The molecule has 1 aromatic carbocycles. The summed E-state index contributed by atoms with van der Waals surface area (Å²) in [5.41, 5.74) is 3.72. The Hall–Kier alpha value is -3.28. The van der Waals surface area contributed by atoms with Crippen molar-refractivity contribution in [2.75, 3.05) is 0 Å². The molecule has 138 valence electrons. The van der Waals surface area contributed by atoms with Crippen LogP contribution < -0.4 is 10.9 Å². The molecule has 1 amide bonds. The average molecular weight is 362 g/mol. The van der Waals surface area contributed by atoms with Gasteiger partial charge >= 0.3 is 0 Å². The molecule has 0 aliphatic carbocycles. The van der Waals surface area contributed by atoms with Gasteiger partial charge in [0.25, 0.3) is 5.56 Å². The quantitative estimate of drug-likeness (QED) is 0.701. The molecule has 0 saturated heterocycles. The second kappa shape index (κ2) is 8.89. The predicted octanol–water partition coefficient (Wildman–Crippen LogP) is 2.71. The smallest absolute Gasteiger partial charge is 0.266 e. The molecule has 0 unspecified atom stereocenters. The fraction of sp³-hybridized carbons (Fsp3) is 0.238. The predicted molar refractivity (Wildman–Crippen MR) is 104 cm³/mol. The largest absolute Gasteiger partial charge is 0.352 e. The zero-order chi connectivity index (χ0) is 19.1. The van der Waals surface area contributed by atoms with Gasteiger partial charge in [-0.05, 0) is 37.1 Å². The Balaban J connectivity index is 1.54. The van der Waals surface area contributed by atoms with E-state index in [1.807, 2.05) is 43.3 Å². The van der Waals surface area contributed by atoms with E-state index in [2.05, 4.69) is 15.4 Å². The molecular weight excluding hydrogens is 340 g/mol. The molecule has 3 rings (SSSR count). The second-order valence-electron chi connectivity index (χ2n) is 6.38. The average Bonchev–Trinajstić information content (AvgIpc) is 2.69. The van der Waals surface area contributed by atoms with E-state index in [4.69, 9.17) is 0 Å². The molecule has 2 heterocycles. The van der Waals surface area contributed by atoms with Crippen molar-refractivity contribution in [1.82, 2.24) is 20.1 Å². The van der Waals surface area contributed by atoms with E-state index in [1.165, 1.54) is 16.3 Å². The Bertz CT molecular complexity index is 950. The highest BCUT2D eigenvalue weighted by molar-refractivity contribution is 5.75. The minimum Gasteiger partial charge on any atom is -0.352 e. The van der Waals surface area contributed by atoms with Crippen molar-refractivity contribution in [3.63, 3.8) is 0 Å². The summed E-state index contributed by atoms with van der Waals surface area (Å²) in [6.45, 7) is 2.90. The molecule has 6 heteroatoms. The summed E-state index contributed by atoms with van der Waals surface area (Å²) >= 11 is 0. The number of benzene rings is 1. The first kappa shape index (κ1) is 18.5. The molecule has 0 radical (unpaired) electrons. The number of rotatable bonds is 7. The number of aryl methyl sites for hydroxylation is 2. The van der Waals surface area contributed by atoms with E-state index in [0.29, 0.717) is 25.9 Å². The van der Waals surface area contributed by atoms with Gasteiger partial charge in [0.05, 0.1) is 5.69 Å². The first-order valence-electron chi connectivity index (χ1n) is 8.92. The van der Waals surface area contributed by atoms with Gasteiger partial charge in [-0.2, -0.15) is 5.10 Å². The third kappa shape index (κ3) is 5.34. The molecule has 6 nitrogen and oxygen atoms in total. The van der Waals surface area contributed by atoms with Crippen LogP contribution in [0.15, 0.2) is 65.7 Å². The van der Waals surface area contributed by atoms with Crippen molar-refractivity contribution < 1.29 is 4.79 Å². The van der Waals surface area contributed by atoms with E-state index >= 15 is 0 Å². The van der Waals surface area contributed by atoms with Crippen LogP contribution in [0.1, 0.15) is 24.0 Å². The fourth-order valence-electron chi connectivity index (χ4n) is 2.67. The molecule has 0 fully saturated rings. The summed E-state index contributed by atoms with van der Waals surface area (Å²) < 4.78 is 1.42. The number of amides is 1. The maximum absolute atomic E-state index is 12.0. The lowest BCUT2D eigenvalue weighted by molar-refractivity contribution is -0.121. The SMILES string of the molecule is Cc1ccc(-c2ccc(=O)n(CCCC(=O)NCc3ccncc3)n2)cc1. The summed E-state index contributed by atoms with van der Waals surface area (Å²) in [7, 11) is 0. The number of hydrogen-bond acceptors (Lipinski definition) is 4. The maximum atomic E-state index is 12.0. The maximum Gasteiger partial charge on any atom is 0.266 e. The van der Waals surface area contributed by atoms with Crippen LogP contribution in [0, 0.1) is 6.92 Å². The zero-order valence-corrected chi connectivity index (χ0v) is 15.3. The summed E-state index contributed by atoms with van der Waals surface area (Å²) in [6, 6.07) is 15.0. The van der Waals surface area contributed by atoms with Crippen LogP contribution in [0.25, 0.3) is 11.3 Å². The first-order valence-corrected chi connectivity index (χ1v) is 8.92. The third-order valence-corrected chi connectivity index (χ3v) is 4.23. The summed E-state index contributed by atoms with van der Waals surface area (Å²) in [6.07, 6.45) is 4.28. The highest BCUT2D eigenvalue weighted by Gasteiger charge is 2.06. The Kier molecular flexibility index (Phi) is 6.10. The molecular formula is C21H22N4O2. The lowest BCUT2D eigenvalue weighted by atomic mass is 10.1. The number of aromatic nitrogens is 3. The second-order valence-corrected chi connectivity index (χ2v) is 6.38. The normalized spacial score (nSPS) is 10.6. The minimum absolute atomic E-state index is 0.0467. The summed E-state index contributed by atoms with van der Waals surface area (Å²) in [4.78, 5) is 28.0. The standard InChI is InChI=1S/C21H22N4O2/c1-16-4-6-18(7-5-16)19-8-9-21(27)25(24-19)14-2-3-20(26)23-15-17-10-12-22-13-11-17/h4-13H,2-3,14-15H2,1H3,(H,23,26). The van der Waals surface area contributed by atoms with Crippen LogP contribution in [0.4, 0.5) is 0 Å². The number of carbonyl (C=O) groups is 1. The zero-order valence-electron chi connectivity index (χ0n) is 15.3. The number of carbonyl (C=O) groups excluding carboxylic acids is 1. The highest BCUT2D eigenvalue weighted by atomic mass is 16.1. The molecule has 0 atom stereocenters. The van der Waals surface area contributed by atoms with Gasteiger partial charge < -0.3 is 5.32 Å². The molecule has 0 aliphatic rings. The van der Waals surface area contributed by atoms with E-state index in [0.717, 1.165) is 16.8 Å². The van der Waals surface area contributed by atoms with Gasteiger partial charge in [-0.15, -0.1) is 0 Å². The van der Waals surface area contributed by atoms with Crippen LogP contribution in [-0.2, 0) is 17.9 Å². The van der Waals surface area contributed by atoms with Crippen molar-refractivity contribution in [1.29, 1.82) is 0 Å². The van der Waals surface area contributed by atoms with Gasteiger partial charge in [-0.1, -0.05) is 29.8 Å². The van der Waals surface area contributed by atoms with Crippen molar-refractivity contribution in [3.05, 3.63) is 82.4 Å². The first-order chi connectivity index (χ1) is 13.1. The van der Waals surface area contributed by atoms with Crippen LogP contribution in [-0.4, -0.2) is 20.7 Å². The molecule has 3 aromatic rings. The molecule has 0 saturated carbocycles. The molecule has 1 N–H and O–H groups in total. The topological polar surface area (TPSA) is 76.9 Å². The summed E-state index contributed by atoms with van der Waals surface area (Å²) in [5, 5.41) is 7.30. The van der Waals surface area contributed by atoms with Crippen LogP contribution >= 0.6 is 0 Å². The van der Waals surface area contributed by atoms with Crippen LogP contribution in [0.5, 0.6) is 0 Å². The third-order valence-electron chi connectivity index (χ3n) is 4.23. The lowest BCUT2D eigenvalue weighted by Crippen LogP contribution is -2.25. The van der Waals surface area contributed by atoms with Gasteiger partial charge in [0.1, 0.15) is 0 Å². The van der Waals surface area contributed by atoms with E-state index < -0.39 is 0 Å². The van der Waals surface area contributed by atoms with Gasteiger partial charge in [0.2, 0.25) is 5.91 Å². The number of nitrogens with zero attached hydrogens (tertiary/aromatic N) is 3. The van der Waals surface area contributed by atoms with Gasteiger partial charge in [0, 0.05) is 43.5 Å². The van der Waals surface area contributed by atoms with Crippen molar-refractivity contribution in [2.24, 2.45) is 0 Å². The van der Waals surface area contributed by atoms with E-state index in [-0.39, 0.29) is 11.5 Å². The fourth-order valence-corrected chi connectivity index (χ4v) is 2.67. The van der Waals surface area contributed by atoms with Gasteiger partial charge in [-0.3, -0.25) is 14.6 Å². The van der Waals surface area contributed by atoms with Gasteiger partial charge in [-0.25, -0.2) is 4.68 Å². The molecule has 0 aliphatic heterocycles. The Morgan fingerprint density at radius 1 is 1.04 bits per heavy atom. The summed E-state index contributed by atoms with van der Waals surface area (Å²) in [5.74, 6) is -0.0467. The number of pyridine rings is 1. The Labute approximate surface area is 157 Å². The van der Waals surface area contributed by atoms with Crippen molar-refractivity contribution >= 4 is 5.91 Å². The number of nitrogens with one attached hydrogen (secondary N) is 1. The van der Waals surface area contributed by atoms with Crippen molar-refractivity contribution in [2.45, 2.75) is 32.9 Å². The van der Waals surface area contributed by atoms with Crippen molar-refractivity contribution in [3.8, 4) is 11.3 Å². The number of hydrogen-bond donors (Lipinski definition) is 1. The minimum atomic E-state index is -0.164.